The van der Waals surface area contributed by atoms with Crippen LogP contribution in [0.1, 0.15) is 26.7 Å². The summed E-state index contributed by atoms with van der Waals surface area (Å²) in [7, 11) is 0. The minimum absolute atomic E-state index is 0.0635. The van der Waals surface area contributed by atoms with Gasteiger partial charge in [-0.15, -0.1) is 0 Å². The zero-order valence-electron chi connectivity index (χ0n) is 12.4. The number of carbonyl (C=O) groups is 2. The number of thioether (sulfide) groups is 1. The van der Waals surface area contributed by atoms with E-state index in [9.17, 15) is 9.59 Å². The summed E-state index contributed by atoms with van der Waals surface area (Å²) < 4.78 is -1.06. The fourth-order valence-electron chi connectivity index (χ4n) is 2.82. The molecule has 1 saturated heterocycles. The van der Waals surface area contributed by atoms with Crippen LogP contribution in [-0.2, 0) is 9.59 Å². The Labute approximate surface area is 129 Å². The van der Waals surface area contributed by atoms with Crippen LogP contribution < -0.4 is 5.32 Å². The summed E-state index contributed by atoms with van der Waals surface area (Å²) in [5, 5.41) is 2.87. The quantitative estimate of drug-likeness (QED) is 0.812. The largest absolute Gasteiger partial charge is 0.341 e. The minimum atomic E-state index is -1.06. The van der Waals surface area contributed by atoms with E-state index in [0.717, 1.165) is 36.5 Å². The molecule has 2 aliphatic heterocycles. The number of nitrogens with zero attached hydrogens (tertiary/aromatic N) is 1. The molecule has 1 N–H and O–H groups in total. The average Bonchev–Trinajstić information content (AvgIpc) is 2.48. The molecule has 1 fully saturated rings. The van der Waals surface area contributed by atoms with E-state index in [1.807, 2.05) is 29.2 Å². The lowest BCUT2D eigenvalue weighted by Gasteiger charge is -2.38. The van der Waals surface area contributed by atoms with E-state index in [1.54, 1.807) is 6.92 Å². The van der Waals surface area contributed by atoms with Crippen molar-refractivity contribution >= 4 is 29.3 Å². The predicted molar refractivity (Wildman–Crippen MR) is 84.3 cm³/mol. The fraction of sp³-hybridized carbons (Fsp3) is 0.500. The maximum absolute atomic E-state index is 12.8. The van der Waals surface area contributed by atoms with Gasteiger partial charge in [-0.2, -0.15) is 0 Å². The molecule has 1 atom stereocenters. The van der Waals surface area contributed by atoms with Crippen molar-refractivity contribution in [1.82, 2.24) is 4.90 Å². The Morgan fingerprint density at radius 2 is 2.00 bits per heavy atom. The predicted octanol–water partition coefficient (Wildman–Crippen LogP) is 2.75. The highest BCUT2D eigenvalue weighted by molar-refractivity contribution is 8.02. The number of hydrogen-bond acceptors (Lipinski definition) is 3. The summed E-state index contributed by atoms with van der Waals surface area (Å²) in [6.07, 6.45) is 2.04. The number of nitrogens with one attached hydrogen (secondary N) is 1. The van der Waals surface area contributed by atoms with Crippen molar-refractivity contribution in [3.05, 3.63) is 24.3 Å². The summed E-state index contributed by atoms with van der Waals surface area (Å²) >= 11 is 1.37. The molecular formula is C16H20N2O2S. The van der Waals surface area contributed by atoms with E-state index in [1.165, 1.54) is 11.8 Å². The lowest BCUT2D eigenvalue weighted by Crippen LogP contribution is -2.55. The van der Waals surface area contributed by atoms with E-state index < -0.39 is 4.75 Å². The first kappa shape index (κ1) is 14.4. The van der Waals surface area contributed by atoms with Gasteiger partial charge in [-0.25, -0.2) is 0 Å². The first-order valence-corrected chi connectivity index (χ1v) is 8.21. The van der Waals surface area contributed by atoms with Gasteiger partial charge in [0.1, 0.15) is 0 Å². The zero-order valence-corrected chi connectivity index (χ0v) is 13.2. The van der Waals surface area contributed by atoms with Crippen molar-refractivity contribution < 1.29 is 9.59 Å². The standard InChI is InChI=1S/C16H20N2O2S/c1-11-7-9-18(10-8-11)15(20)16(2)14(19)17-12-5-3-4-6-13(12)21-16/h3-6,11H,7-10H2,1-2H3,(H,17,19). The Balaban J connectivity index is 1.83. The number of para-hydroxylation sites is 1. The number of fused-ring (bicyclic) bond motifs is 1. The lowest BCUT2D eigenvalue weighted by molar-refractivity contribution is -0.138. The summed E-state index contributed by atoms with van der Waals surface area (Å²) in [6, 6.07) is 7.63. The second-order valence-electron chi connectivity index (χ2n) is 6.06. The number of likely N-dealkylation sites (tertiary alicyclic amines) is 1. The van der Waals surface area contributed by atoms with Crippen molar-refractivity contribution in [3.63, 3.8) is 0 Å². The molecule has 2 aliphatic rings. The fourth-order valence-corrected chi connectivity index (χ4v) is 4.00. The third-order valence-electron chi connectivity index (χ3n) is 4.36. The Kier molecular flexibility index (Phi) is 3.69. The van der Waals surface area contributed by atoms with Crippen molar-refractivity contribution in [2.24, 2.45) is 5.92 Å². The van der Waals surface area contributed by atoms with Crippen LogP contribution in [0.3, 0.4) is 0 Å². The average molecular weight is 304 g/mol. The van der Waals surface area contributed by atoms with Gasteiger partial charge in [-0.1, -0.05) is 30.8 Å². The number of rotatable bonds is 1. The van der Waals surface area contributed by atoms with E-state index >= 15 is 0 Å². The van der Waals surface area contributed by atoms with Crippen molar-refractivity contribution in [2.75, 3.05) is 18.4 Å². The van der Waals surface area contributed by atoms with Gasteiger partial charge in [0, 0.05) is 18.0 Å². The molecule has 0 saturated carbocycles. The first-order valence-electron chi connectivity index (χ1n) is 7.39. The molecule has 112 valence electrons. The third kappa shape index (κ3) is 2.55. The number of benzene rings is 1. The van der Waals surface area contributed by atoms with Gasteiger partial charge in [-0.05, 0) is 37.8 Å². The molecule has 0 bridgehead atoms. The van der Waals surface area contributed by atoms with Crippen LogP contribution in [0.5, 0.6) is 0 Å². The highest BCUT2D eigenvalue weighted by Crippen LogP contribution is 2.43. The van der Waals surface area contributed by atoms with Crippen LogP contribution >= 0.6 is 11.8 Å². The molecule has 21 heavy (non-hydrogen) atoms. The van der Waals surface area contributed by atoms with Gasteiger partial charge < -0.3 is 10.2 Å². The van der Waals surface area contributed by atoms with Crippen molar-refractivity contribution in [1.29, 1.82) is 0 Å². The van der Waals surface area contributed by atoms with Gasteiger partial charge in [0.15, 0.2) is 4.75 Å². The first-order chi connectivity index (χ1) is 10.0. The molecule has 1 aromatic carbocycles. The summed E-state index contributed by atoms with van der Waals surface area (Å²) in [5.74, 6) is 0.386. The van der Waals surface area contributed by atoms with Gasteiger partial charge >= 0.3 is 0 Å². The molecule has 1 unspecified atom stereocenters. The Hall–Kier alpha value is -1.49. The summed E-state index contributed by atoms with van der Waals surface area (Å²) in [6.45, 7) is 5.46. The molecule has 0 aromatic heterocycles. The molecule has 0 aliphatic carbocycles. The zero-order chi connectivity index (χ0) is 15.0. The maximum Gasteiger partial charge on any atom is 0.250 e. The Morgan fingerprint density at radius 1 is 1.33 bits per heavy atom. The number of amides is 2. The molecule has 0 spiro atoms. The second-order valence-corrected chi connectivity index (χ2v) is 7.52. The number of carbonyl (C=O) groups excluding carboxylic acids is 2. The third-order valence-corrected chi connectivity index (χ3v) is 5.71. The van der Waals surface area contributed by atoms with Crippen LogP contribution in [0.4, 0.5) is 5.69 Å². The Morgan fingerprint density at radius 3 is 2.71 bits per heavy atom. The molecule has 3 rings (SSSR count). The van der Waals surface area contributed by atoms with E-state index in [4.69, 9.17) is 0 Å². The highest BCUT2D eigenvalue weighted by Gasteiger charge is 2.48. The summed E-state index contributed by atoms with van der Waals surface area (Å²) in [5.41, 5.74) is 0.796. The molecule has 1 aromatic rings. The second kappa shape index (κ2) is 5.37. The lowest BCUT2D eigenvalue weighted by atomic mass is 9.97. The molecule has 0 radical (unpaired) electrons. The van der Waals surface area contributed by atoms with Crippen molar-refractivity contribution in [3.8, 4) is 0 Å². The SMILES string of the molecule is CC1CCN(C(=O)C2(C)Sc3ccccc3NC2=O)CC1. The maximum atomic E-state index is 12.8. The Bertz CT molecular complexity index is 581. The van der Waals surface area contributed by atoms with E-state index in [-0.39, 0.29) is 11.8 Å². The van der Waals surface area contributed by atoms with Crippen LogP contribution in [0.2, 0.25) is 0 Å². The van der Waals surface area contributed by atoms with Crippen LogP contribution in [0.15, 0.2) is 29.2 Å². The van der Waals surface area contributed by atoms with E-state index in [2.05, 4.69) is 12.2 Å². The van der Waals surface area contributed by atoms with Crippen LogP contribution in [0.25, 0.3) is 0 Å². The minimum Gasteiger partial charge on any atom is -0.341 e. The van der Waals surface area contributed by atoms with Gasteiger partial charge in [0.2, 0.25) is 11.8 Å². The van der Waals surface area contributed by atoms with Gasteiger partial charge in [-0.3, -0.25) is 9.59 Å². The topological polar surface area (TPSA) is 49.4 Å². The van der Waals surface area contributed by atoms with Crippen LogP contribution in [0, 0.1) is 5.92 Å². The van der Waals surface area contributed by atoms with Gasteiger partial charge in [0.25, 0.3) is 0 Å². The number of hydrogen-bond donors (Lipinski definition) is 1. The normalized spacial score (nSPS) is 26.2. The van der Waals surface area contributed by atoms with Crippen LogP contribution in [-0.4, -0.2) is 34.6 Å². The van der Waals surface area contributed by atoms with Crippen molar-refractivity contribution in [2.45, 2.75) is 36.3 Å². The monoisotopic (exact) mass is 304 g/mol. The number of anilines is 1. The molecular weight excluding hydrogens is 284 g/mol. The van der Waals surface area contributed by atoms with E-state index in [0.29, 0.717) is 5.92 Å². The smallest absolute Gasteiger partial charge is 0.250 e. The number of piperidine rings is 1. The molecule has 4 nitrogen and oxygen atoms in total. The molecule has 2 amide bonds. The molecule has 2 heterocycles. The molecule has 5 heteroatoms. The highest BCUT2D eigenvalue weighted by atomic mass is 32.2. The summed E-state index contributed by atoms with van der Waals surface area (Å²) in [4.78, 5) is 28.1. The van der Waals surface area contributed by atoms with Gasteiger partial charge in [0.05, 0.1) is 5.69 Å².